The van der Waals surface area contributed by atoms with Crippen LogP contribution >= 0.6 is 0 Å². The Morgan fingerprint density at radius 1 is 1.14 bits per heavy atom. The number of carbonyl (C=O) groups excluding carboxylic acids is 1. The minimum Gasteiger partial charge on any atom is -0.355 e. The van der Waals surface area contributed by atoms with Gasteiger partial charge < -0.3 is 9.80 Å². The maximum absolute atomic E-state index is 11.3. The fourth-order valence-corrected chi connectivity index (χ4v) is 3.31. The molecular formula is C16H24N4O. The highest BCUT2D eigenvalue weighted by Crippen LogP contribution is 2.22. The van der Waals surface area contributed by atoms with Gasteiger partial charge in [-0.2, -0.15) is 0 Å². The summed E-state index contributed by atoms with van der Waals surface area (Å²) in [7, 11) is 0. The number of rotatable bonds is 3. The molecule has 0 aliphatic carbocycles. The molecule has 0 aromatic carbocycles. The minimum atomic E-state index is 0.197. The van der Waals surface area contributed by atoms with Crippen molar-refractivity contribution >= 4 is 11.7 Å². The van der Waals surface area contributed by atoms with Crippen LogP contribution in [0.5, 0.6) is 0 Å². The van der Waals surface area contributed by atoms with E-state index in [0.29, 0.717) is 5.92 Å². The van der Waals surface area contributed by atoms with Crippen molar-refractivity contribution in [1.82, 2.24) is 14.9 Å². The van der Waals surface area contributed by atoms with Crippen molar-refractivity contribution in [3.63, 3.8) is 0 Å². The van der Waals surface area contributed by atoms with Crippen molar-refractivity contribution in [2.45, 2.75) is 39.0 Å². The highest BCUT2D eigenvalue weighted by Gasteiger charge is 2.21. The van der Waals surface area contributed by atoms with Crippen molar-refractivity contribution in [1.29, 1.82) is 0 Å². The van der Waals surface area contributed by atoms with Gasteiger partial charge in [0.15, 0.2) is 0 Å². The van der Waals surface area contributed by atoms with Crippen LogP contribution in [-0.2, 0) is 11.2 Å². The van der Waals surface area contributed by atoms with Crippen LogP contribution in [0.3, 0.4) is 0 Å². The number of aromatic nitrogens is 2. The highest BCUT2D eigenvalue weighted by molar-refractivity contribution is 5.73. The van der Waals surface area contributed by atoms with Crippen LogP contribution in [0, 0.1) is 5.92 Å². The quantitative estimate of drug-likeness (QED) is 0.852. The summed E-state index contributed by atoms with van der Waals surface area (Å²) in [4.78, 5) is 24.7. The fraction of sp³-hybridized carbons (Fsp3) is 0.688. The summed E-state index contributed by atoms with van der Waals surface area (Å²) < 4.78 is 0. The molecular weight excluding hydrogens is 264 g/mol. The standard InChI is InChI=1S/C16H24N4O/c1-13(21)19-8-4-14(5-9-19)10-15-11-18-16(12-17-15)20-6-2-3-7-20/h11-12,14H,2-10H2,1H3. The second kappa shape index (κ2) is 6.41. The molecule has 2 aliphatic rings. The predicted molar refractivity (Wildman–Crippen MR) is 82.2 cm³/mol. The number of likely N-dealkylation sites (tertiary alicyclic amines) is 1. The number of piperidine rings is 1. The molecule has 0 atom stereocenters. The molecule has 114 valence electrons. The number of anilines is 1. The van der Waals surface area contributed by atoms with Gasteiger partial charge in [0, 0.05) is 33.1 Å². The van der Waals surface area contributed by atoms with Crippen LogP contribution in [0.2, 0.25) is 0 Å². The zero-order chi connectivity index (χ0) is 14.7. The van der Waals surface area contributed by atoms with Gasteiger partial charge in [-0.15, -0.1) is 0 Å². The Kier molecular flexibility index (Phi) is 4.36. The third-order valence-electron chi connectivity index (χ3n) is 4.68. The first-order valence-corrected chi connectivity index (χ1v) is 8.04. The minimum absolute atomic E-state index is 0.197. The zero-order valence-electron chi connectivity index (χ0n) is 12.8. The number of hydrogen-bond donors (Lipinski definition) is 0. The largest absolute Gasteiger partial charge is 0.355 e. The third kappa shape index (κ3) is 3.52. The lowest BCUT2D eigenvalue weighted by molar-refractivity contribution is -0.130. The van der Waals surface area contributed by atoms with Crippen LogP contribution < -0.4 is 4.90 Å². The van der Waals surface area contributed by atoms with Crippen LogP contribution in [0.15, 0.2) is 12.4 Å². The smallest absolute Gasteiger partial charge is 0.219 e. The van der Waals surface area contributed by atoms with E-state index in [1.165, 1.54) is 12.8 Å². The lowest BCUT2D eigenvalue weighted by atomic mass is 9.92. The molecule has 2 fully saturated rings. The summed E-state index contributed by atoms with van der Waals surface area (Å²) in [5, 5.41) is 0. The molecule has 21 heavy (non-hydrogen) atoms. The Balaban J connectivity index is 1.52. The van der Waals surface area contributed by atoms with E-state index in [1.807, 2.05) is 17.3 Å². The average Bonchev–Trinajstić information content (AvgIpc) is 3.03. The van der Waals surface area contributed by atoms with E-state index in [-0.39, 0.29) is 5.91 Å². The van der Waals surface area contributed by atoms with Crippen molar-refractivity contribution in [3.05, 3.63) is 18.1 Å². The van der Waals surface area contributed by atoms with Crippen LogP contribution in [0.4, 0.5) is 5.82 Å². The maximum Gasteiger partial charge on any atom is 0.219 e. The molecule has 3 heterocycles. The predicted octanol–water partition coefficient (Wildman–Crippen LogP) is 1.88. The second-order valence-corrected chi connectivity index (χ2v) is 6.21. The molecule has 0 N–H and O–H groups in total. The highest BCUT2D eigenvalue weighted by atomic mass is 16.2. The van der Waals surface area contributed by atoms with Gasteiger partial charge in [0.05, 0.1) is 18.1 Å². The molecule has 3 rings (SSSR count). The molecule has 5 nitrogen and oxygen atoms in total. The van der Waals surface area contributed by atoms with E-state index in [1.54, 1.807) is 6.92 Å². The lowest BCUT2D eigenvalue weighted by Crippen LogP contribution is -2.37. The Bertz CT molecular complexity index is 474. The van der Waals surface area contributed by atoms with Crippen molar-refractivity contribution < 1.29 is 4.79 Å². The topological polar surface area (TPSA) is 49.3 Å². The molecule has 5 heteroatoms. The summed E-state index contributed by atoms with van der Waals surface area (Å²) in [5.41, 5.74) is 1.08. The monoisotopic (exact) mass is 288 g/mol. The average molecular weight is 288 g/mol. The maximum atomic E-state index is 11.3. The van der Waals surface area contributed by atoms with E-state index >= 15 is 0 Å². The van der Waals surface area contributed by atoms with Gasteiger partial charge >= 0.3 is 0 Å². The summed E-state index contributed by atoms with van der Waals surface area (Å²) >= 11 is 0. The second-order valence-electron chi connectivity index (χ2n) is 6.21. The third-order valence-corrected chi connectivity index (χ3v) is 4.68. The zero-order valence-corrected chi connectivity index (χ0v) is 12.8. The van der Waals surface area contributed by atoms with Crippen LogP contribution in [-0.4, -0.2) is 47.0 Å². The SMILES string of the molecule is CC(=O)N1CCC(Cc2cnc(N3CCCC3)cn2)CC1. The molecule has 0 radical (unpaired) electrons. The molecule has 1 aromatic rings. The molecule has 2 saturated heterocycles. The van der Waals surface area contributed by atoms with Crippen molar-refractivity contribution in [2.24, 2.45) is 5.92 Å². The van der Waals surface area contributed by atoms with E-state index in [0.717, 1.165) is 57.0 Å². The van der Waals surface area contributed by atoms with Gasteiger partial charge in [-0.05, 0) is 38.0 Å². The normalized spacial score (nSPS) is 20.0. The number of carbonyl (C=O) groups is 1. The van der Waals surface area contributed by atoms with Gasteiger partial charge in [0.2, 0.25) is 5.91 Å². The summed E-state index contributed by atoms with van der Waals surface area (Å²) in [6, 6.07) is 0. The first-order chi connectivity index (χ1) is 10.2. The Morgan fingerprint density at radius 3 is 2.43 bits per heavy atom. The molecule has 1 aromatic heterocycles. The van der Waals surface area contributed by atoms with Gasteiger partial charge in [-0.25, -0.2) is 4.98 Å². The van der Waals surface area contributed by atoms with E-state index in [4.69, 9.17) is 0 Å². The molecule has 1 amide bonds. The molecule has 0 saturated carbocycles. The van der Waals surface area contributed by atoms with Gasteiger partial charge in [0.25, 0.3) is 0 Å². The van der Waals surface area contributed by atoms with E-state index < -0.39 is 0 Å². The first-order valence-electron chi connectivity index (χ1n) is 8.04. The molecule has 2 aliphatic heterocycles. The Hall–Kier alpha value is -1.65. The fourth-order valence-electron chi connectivity index (χ4n) is 3.31. The first kappa shape index (κ1) is 14.3. The van der Waals surface area contributed by atoms with Gasteiger partial charge in [0.1, 0.15) is 5.82 Å². The van der Waals surface area contributed by atoms with Gasteiger partial charge in [-0.3, -0.25) is 9.78 Å². The van der Waals surface area contributed by atoms with Crippen molar-refractivity contribution in [2.75, 3.05) is 31.1 Å². The molecule has 0 unspecified atom stereocenters. The molecule has 0 bridgehead atoms. The van der Waals surface area contributed by atoms with Crippen molar-refractivity contribution in [3.8, 4) is 0 Å². The van der Waals surface area contributed by atoms with E-state index in [2.05, 4.69) is 14.9 Å². The number of nitrogens with zero attached hydrogens (tertiary/aromatic N) is 4. The van der Waals surface area contributed by atoms with Crippen LogP contribution in [0.25, 0.3) is 0 Å². The van der Waals surface area contributed by atoms with Crippen LogP contribution in [0.1, 0.15) is 38.3 Å². The number of hydrogen-bond acceptors (Lipinski definition) is 4. The summed E-state index contributed by atoms with van der Waals surface area (Å²) in [6.07, 6.45) is 9.52. The van der Waals surface area contributed by atoms with Gasteiger partial charge in [-0.1, -0.05) is 0 Å². The summed E-state index contributed by atoms with van der Waals surface area (Å²) in [6.45, 7) is 5.65. The van der Waals surface area contributed by atoms with E-state index in [9.17, 15) is 4.79 Å². The Labute approximate surface area is 126 Å². The number of amides is 1. The Morgan fingerprint density at radius 2 is 1.86 bits per heavy atom. The summed E-state index contributed by atoms with van der Waals surface area (Å²) in [5.74, 6) is 1.85. The lowest BCUT2D eigenvalue weighted by Gasteiger charge is -2.31. The molecule has 0 spiro atoms.